The molecule has 0 unspecified atom stereocenters. The van der Waals surface area contributed by atoms with Crippen molar-refractivity contribution >= 4 is 16.9 Å². The number of nitrogens with zero attached hydrogens (tertiary/aromatic N) is 3. The summed E-state index contributed by atoms with van der Waals surface area (Å²) >= 11 is 0. The van der Waals surface area contributed by atoms with Gasteiger partial charge in [-0.05, 0) is 12.5 Å². The van der Waals surface area contributed by atoms with Crippen LogP contribution in [0.2, 0.25) is 0 Å². The van der Waals surface area contributed by atoms with Crippen LogP contribution in [0, 0.1) is 5.82 Å². The second-order valence-corrected chi connectivity index (χ2v) is 4.35. The molecule has 0 amide bonds. The van der Waals surface area contributed by atoms with Gasteiger partial charge in [0.2, 0.25) is 0 Å². The van der Waals surface area contributed by atoms with E-state index in [1.807, 2.05) is 6.92 Å². The zero-order valence-electron chi connectivity index (χ0n) is 10.6. The van der Waals surface area contributed by atoms with Crippen molar-refractivity contribution in [2.24, 2.45) is 0 Å². The van der Waals surface area contributed by atoms with Crippen molar-refractivity contribution in [2.75, 3.05) is 0 Å². The number of H-pyrrole nitrogens is 1. The van der Waals surface area contributed by atoms with Crippen LogP contribution in [0.1, 0.15) is 23.0 Å². The molecule has 3 aromatic rings. The van der Waals surface area contributed by atoms with E-state index in [1.54, 1.807) is 6.07 Å². The van der Waals surface area contributed by atoms with Gasteiger partial charge in [-0.15, -0.1) is 0 Å². The Hall–Kier alpha value is -2.70. The first kappa shape index (κ1) is 12.3. The van der Waals surface area contributed by atoms with Gasteiger partial charge >= 0.3 is 5.97 Å². The molecular weight excluding hydrogens is 263 g/mol. The maximum atomic E-state index is 13.9. The van der Waals surface area contributed by atoms with Crippen molar-refractivity contribution in [3.05, 3.63) is 41.6 Å². The minimum atomic E-state index is -1.04. The molecule has 20 heavy (non-hydrogen) atoms. The van der Waals surface area contributed by atoms with Crippen molar-refractivity contribution in [3.63, 3.8) is 0 Å². The number of benzene rings is 1. The summed E-state index contributed by atoms with van der Waals surface area (Å²) in [7, 11) is 0. The Bertz CT molecular complexity index is 806. The molecule has 0 atom stereocenters. The third-order valence-electron chi connectivity index (χ3n) is 3.11. The van der Waals surface area contributed by atoms with Gasteiger partial charge in [0.25, 0.3) is 0 Å². The number of aryl methyl sites for hydroxylation is 1. The van der Waals surface area contributed by atoms with Crippen LogP contribution in [0.15, 0.2) is 24.5 Å². The number of fused-ring (bicyclic) bond motifs is 1. The van der Waals surface area contributed by atoms with E-state index >= 15 is 0 Å². The molecule has 0 aliphatic carbocycles. The van der Waals surface area contributed by atoms with Crippen LogP contribution in [0.5, 0.6) is 0 Å². The number of carboxylic acids is 1. The second-order valence-electron chi connectivity index (χ2n) is 4.35. The molecule has 0 spiro atoms. The molecular formula is C13H11FN4O2. The van der Waals surface area contributed by atoms with Crippen LogP contribution >= 0.6 is 0 Å². The standard InChI is InChI=1S/C13H11FN4O2/c1-2-11-9(13(19)20)6-18(17-11)8-3-7-5-15-16-12(7)10(14)4-8/h3-6H,2H2,1H3,(H,15,16)(H,19,20). The fourth-order valence-corrected chi connectivity index (χ4v) is 2.11. The summed E-state index contributed by atoms with van der Waals surface area (Å²) in [5, 5.41) is 20.2. The van der Waals surface area contributed by atoms with E-state index in [-0.39, 0.29) is 5.56 Å². The molecule has 2 aromatic heterocycles. The Balaban J connectivity index is 2.17. The number of carboxylic acid groups (broad SMARTS) is 1. The number of hydrogen-bond donors (Lipinski definition) is 2. The molecule has 1 aromatic carbocycles. The van der Waals surface area contributed by atoms with E-state index in [9.17, 15) is 9.18 Å². The van der Waals surface area contributed by atoms with Gasteiger partial charge in [-0.2, -0.15) is 10.2 Å². The first-order chi connectivity index (χ1) is 9.60. The van der Waals surface area contributed by atoms with E-state index in [4.69, 9.17) is 5.11 Å². The van der Waals surface area contributed by atoms with E-state index in [2.05, 4.69) is 15.3 Å². The lowest BCUT2D eigenvalue weighted by Crippen LogP contribution is -1.98. The predicted octanol–water partition coefficient (Wildman–Crippen LogP) is 2.15. The van der Waals surface area contributed by atoms with Gasteiger partial charge in [-0.3, -0.25) is 5.10 Å². The average molecular weight is 274 g/mol. The van der Waals surface area contributed by atoms with Crippen molar-refractivity contribution in [2.45, 2.75) is 13.3 Å². The first-order valence-electron chi connectivity index (χ1n) is 6.05. The van der Waals surface area contributed by atoms with E-state index in [1.165, 1.54) is 23.1 Å². The predicted molar refractivity (Wildman–Crippen MR) is 69.5 cm³/mol. The zero-order chi connectivity index (χ0) is 14.3. The SMILES string of the molecule is CCc1nn(-c2cc(F)c3[nH]ncc3c2)cc1C(=O)O. The highest BCUT2D eigenvalue weighted by Gasteiger charge is 2.15. The van der Waals surface area contributed by atoms with Crippen LogP contribution < -0.4 is 0 Å². The fourth-order valence-electron chi connectivity index (χ4n) is 2.11. The maximum absolute atomic E-state index is 13.9. The number of hydrogen-bond acceptors (Lipinski definition) is 3. The molecule has 0 radical (unpaired) electrons. The summed E-state index contributed by atoms with van der Waals surface area (Å²) in [6, 6.07) is 2.98. The van der Waals surface area contributed by atoms with Crippen molar-refractivity contribution in [1.29, 1.82) is 0 Å². The van der Waals surface area contributed by atoms with Gasteiger partial charge < -0.3 is 5.11 Å². The van der Waals surface area contributed by atoms with Crippen molar-refractivity contribution in [3.8, 4) is 5.69 Å². The normalized spacial score (nSPS) is 11.1. The van der Waals surface area contributed by atoms with Crippen LogP contribution in [0.3, 0.4) is 0 Å². The van der Waals surface area contributed by atoms with Gasteiger partial charge in [-0.25, -0.2) is 13.9 Å². The molecule has 0 saturated carbocycles. The van der Waals surface area contributed by atoms with Gasteiger partial charge in [0.05, 0.1) is 17.6 Å². The zero-order valence-corrected chi connectivity index (χ0v) is 10.6. The summed E-state index contributed by atoms with van der Waals surface area (Å²) in [6.07, 6.45) is 3.39. The highest BCUT2D eigenvalue weighted by Crippen LogP contribution is 2.21. The van der Waals surface area contributed by atoms with Gasteiger partial charge in [0, 0.05) is 17.6 Å². The van der Waals surface area contributed by atoms with Crippen LogP contribution in [0.25, 0.3) is 16.6 Å². The molecule has 0 bridgehead atoms. The largest absolute Gasteiger partial charge is 0.478 e. The number of aromatic amines is 1. The number of nitrogens with one attached hydrogen (secondary N) is 1. The first-order valence-corrected chi connectivity index (χ1v) is 6.05. The van der Waals surface area contributed by atoms with Gasteiger partial charge in [-0.1, -0.05) is 6.92 Å². The molecule has 0 aliphatic rings. The van der Waals surface area contributed by atoms with E-state index in [0.717, 1.165) is 0 Å². The Morgan fingerprint density at radius 2 is 2.30 bits per heavy atom. The van der Waals surface area contributed by atoms with Crippen molar-refractivity contribution in [1.82, 2.24) is 20.0 Å². The molecule has 2 heterocycles. The number of aromatic nitrogens is 4. The number of carbonyl (C=O) groups is 1. The monoisotopic (exact) mass is 274 g/mol. The third-order valence-corrected chi connectivity index (χ3v) is 3.11. The van der Waals surface area contributed by atoms with Crippen LogP contribution in [-0.2, 0) is 6.42 Å². The Morgan fingerprint density at radius 3 is 2.95 bits per heavy atom. The molecule has 0 aliphatic heterocycles. The quantitative estimate of drug-likeness (QED) is 0.766. The number of rotatable bonds is 3. The highest BCUT2D eigenvalue weighted by molar-refractivity contribution is 5.89. The van der Waals surface area contributed by atoms with Crippen molar-refractivity contribution < 1.29 is 14.3 Å². The summed E-state index contributed by atoms with van der Waals surface area (Å²) in [6.45, 7) is 1.82. The van der Waals surface area contributed by atoms with E-state index < -0.39 is 11.8 Å². The maximum Gasteiger partial charge on any atom is 0.339 e. The molecule has 7 heteroatoms. The fraction of sp³-hybridized carbons (Fsp3) is 0.154. The topological polar surface area (TPSA) is 83.8 Å². The number of halogens is 1. The van der Waals surface area contributed by atoms with E-state index in [0.29, 0.717) is 28.7 Å². The summed E-state index contributed by atoms with van der Waals surface area (Å²) in [5.74, 6) is -1.50. The number of aromatic carboxylic acids is 1. The Kier molecular flexibility index (Phi) is 2.74. The summed E-state index contributed by atoms with van der Waals surface area (Å²) in [4.78, 5) is 11.1. The Labute approximate surface area is 112 Å². The third kappa shape index (κ3) is 1.83. The smallest absolute Gasteiger partial charge is 0.339 e. The Morgan fingerprint density at radius 1 is 1.50 bits per heavy atom. The molecule has 0 saturated heterocycles. The van der Waals surface area contributed by atoms with Crippen LogP contribution in [0.4, 0.5) is 4.39 Å². The van der Waals surface area contributed by atoms with Gasteiger partial charge in [0.1, 0.15) is 11.1 Å². The van der Waals surface area contributed by atoms with Crippen LogP contribution in [-0.4, -0.2) is 31.1 Å². The average Bonchev–Trinajstić information content (AvgIpc) is 3.04. The molecule has 6 nitrogen and oxygen atoms in total. The lowest BCUT2D eigenvalue weighted by Gasteiger charge is -2.02. The molecule has 2 N–H and O–H groups in total. The van der Waals surface area contributed by atoms with Gasteiger partial charge in [0.15, 0.2) is 5.82 Å². The lowest BCUT2D eigenvalue weighted by atomic mass is 10.2. The highest BCUT2D eigenvalue weighted by atomic mass is 19.1. The summed E-state index contributed by atoms with van der Waals surface area (Å²) < 4.78 is 15.3. The molecule has 102 valence electrons. The minimum Gasteiger partial charge on any atom is -0.478 e. The lowest BCUT2D eigenvalue weighted by molar-refractivity contribution is 0.0695. The second kappa shape index (κ2) is 4.44. The molecule has 0 fully saturated rings. The summed E-state index contributed by atoms with van der Waals surface area (Å²) in [5.41, 5.74) is 1.36. The minimum absolute atomic E-state index is 0.125. The molecule has 3 rings (SSSR count).